The minimum Gasteiger partial charge on any atom is -0.342 e. The fourth-order valence-electron chi connectivity index (χ4n) is 3.78. The standard InChI is InChI=1S/C19H25NO6S/c1-18(2)23-12-13(24-18)15-17(26-19(3,4)25-15)22-14(12)16(21)20-10-8-6-7-9-11(10)27-5/h6-9,12-15,17H,1-5H3,(H,20,21)/t12-,13+,14+,15+,17-/m0/s1. The maximum Gasteiger partial charge on any atom is 0.256 e. The second kappa shape index (κ2) is 6.72. The number of hydrogen-bond acceptors (Lipinski definition) is 7. The van der Waals surface area contributed by atoms with Crippen molar-refractivity contribution in [3.05, 3.63) is 24.3 Å². The van der Waals surface area contributed by atoms with E-state index in [1.54, 1.807) is 11.8 Å². The van der Waals surface area contributed by atoms with Crippen LogP contribution in [0.4, 0.5) is 5.69 Å². The summed E-state index contributed by atoms with van der Waals surface area (Å²) < 4.78 is 29.8. The number of carbonyl (C=O) groups excluding carboxylic acids is 1. The molecule has 0 unspecified atom stereocenters. The van der Waals surface area contributed by atoms with Gasteiger partial charge in [-0.1, -0.05) is 12.1 Å². The molecular weight excluding hydrogens is 370 g/mol. The van der Waals surface area contributed by atoms with Gasteiger partial charge in [-0.3, -0.25) is 4.79 Å². The van der Waals surface area contributed by atoms with Gasteiger partial charge in [0, 0.05) is 4.90 Å². The van der Waals surface area contributed by atoms with Crippen molar-refractivity contribution >= 4 is 23.4 Å². The van der Waals surface area contributed by atoms with E-state index in [9.17, 15) is 4.79 Å². The second-order valence-corrected chi connectivity index (χ2v) is 8.63. The average Bonchev–Trinajstić information content (AvgIpc) is 3.08. The Morgan fingerprint density at radius 3 is 2.33 bits per heavy atom. The first kappa shape index (κ1) is 19.2. The number of hydrogen-bond donors (Lipinski definition) is 1. The lowest BCUT2D eigenvalue weighted by Gasteiger charge is -2.36. The van der Waals surface area contributed by atoms with Gasteiger partial charge in [0.15, 0.2) is 24.0 Å². The molecule has 0 saturated carbocycles. The highest BCUT2D eigenvalue weighted by Crippen LogP contribution is 2.44. The van der Waals surface area contributed by atoms with Crippen LogP contribution in [-0.2, 0) is 28.5 Å². The van der Waals surface area contributed by atoms with Gasteiger partial charge in [0.1, 0.15) is 18.3 Å². The molecule has 0 spiro atoms. The number of rotatable bonds is 3. The SMILES string of the molecule is CSc1ccccc1NC(=O)[C@@H]1O[C@H]2OC(C)(C)O[C@@H]2[C@@H]2OC(C)(C)O[C@@H]21. The lowest BCUT2D eigenvalue weighted by Crippen LogP contribution is -2.58. The van der Waals surface area contributed by atoms with Crippen molar-refractivity contribution in [2.45, 2.75) is 74.9 Å². The summed E-state index contributed by atoms with van der Waals surface area (Å²) in [5.41, 5.74) is 0.736. The molecule has 27 heavy (non-hydrogen) atoms. The van der Waals surface area contributed by atoms with Crippen LogP contribution < -0.4 is 5.32 Å². The van der Waals surface area contributed by atoms with E-state index in [1.807, 2.05) is 58.2 Å². The molecule has 3 fully saturated rings. The maximum absolute atomic E-state index is 13.1. The quantitative estimate of drug-likeness (QED) is 0.789. The molecule has 5 atom stereocenters. The molecule has 3 heterocycles. The molecule has 3 aliphatic rings. The number of benzene rings is 1. The number of fused-ring (bicyclic) bond motifs is 3. The zero-order chi connectivity index (χ0) is 19.4. The summed E-state index contributed by atoms with van der Waals surface area (Å²) in [4.78, 5) is 14.0. The van der Waals surface area contributed by atoms with Gasteiger partial charge >= 0.3 is 0 Å². The minimum atomic E-state index is -0.870. The summed E-state index contributed by atoms with van der Waals surface area (Å²) in [5, 5.41) is 2.96. The smallest absolute Gasteiger partial charge is 0.256 e. The molecule has 7 nitrogen and oxygen atoms in total. The molecule has 0 radical (unpaired) electrons. The maximum atomic E-state index is 13.1. The van der Waals surface area contributed by atoms with Crippen LogP contribution in [0.15, 0.2) is 29.2 Å². The topological polar surface area (TPSA) is 75.3 Å². The molecule has 4 rings (SSSR count). The first-order valence-electron chi connectivity index (χ1n) is 9.00. The molecule has 1 aromatic rings. The van der Waals surface area contributed by atoms with Crippen LogP contribution in [0.25, 0.3) is 0 Å². The van der Waals surface area contributed by atoms with Gasteiger partial charge in [0.05, 0.1) is 5.69 Å². The zero-order valence-corrected chi connectivity index (χ0v) is 16.9. The number of para-hydroxylation sites is 1. The summed E-state index contributed by atoms with van der Waals surface area (Å²) in [7, 11) is 0. The van der Waals surface area contributed by atoms with E-state index in [1.165, 1.54) is 0 Å². The van der Waals surface area contributed by atoms with Crippen LogP contribution in [0.2, 0.25) is 0 Å². The summed E-state index contributed by atoms with van der Waals surface area (Å²) in [6.45, 7) is 7.27. The Kier molecular flexibility index (Phi) is 4.77. The fraction of sp³-hybridized carbons (Fsp3) is 0.632. The largest absolute Gasteiger partial charge is 0.342 e. The van der Waals surface area contributed by atoms with Crippen LogP contribution in [0.1, 0.15) is 27.7 Å². The molecule has 0 bridgehead atoms. The van der Waals surface area contributed by atoms with Crippen molar-refractivity contribution in [2.24, 2.45) is 0 Å². The summed E-state index contributed by atoms with van der Waals surface area (Å²) in [5.74, 6) is -1.94. The third kappa shape index (κ3) is 3.62. The van der Waals surface area contributed by atoms with Crippen molar-refractivity contribution in [3.8, 4) is 0 Å². The van der Waals surface area contributed by atoms with E-state index in [4.69, 9.17) is 23.7 Å². The molecule has 8 heteroatoms. The third-order valence-electron chi connectivity index (χ3n) is 4.78. The first-order valence-corrected chi connectivity index (χ1v) is 10.2. The van der Waals surface area contributed by atoms with Crippen molar-refractivity contribution in [1.29, 1.82) is 0 Å². The number of amides is 1. The molecule has 1 N–H and O–H groups in total. The van der Waals surface area contributed by atoms with Gasteiger partial charge in [-0.05, 0) is 46.1 Å². The predicted octanol–water partition coefficient (Wildman–Crippen LogP) is 2.74. The van der Waals surface area contributed by atoms with Crippen LogP contribution in [0, 0.1) is 0 Å². The van der Waals surface area contributed by atoms with Crippen LogP contribution in [0.3, 0.4) is 0 Å². The van der Waals surface area contributed by atoms with E-state index in [2.05, 4.69) is 5.32 Å². The fourth-order valence-corrected chi connectivity index (χ4v) is 4.33. The van der Waals surface area contributed by atoms with Gasteiger partial charge in [-0.2, -0.15) is 0 Å². The number of thioether (sulfide) groups is 1. The van der Waals surface area contributed by atoms with Gasteiger partial charge < -0.3 is 29.0 Å². The monoisotopic (exact) mass is 395 g/mol. The highest BCUT2D eigenvalue weighted by molar-refractivity contribution is 7.98. The Balaban J connectivity index is 1.59. The average molecular weight is 395 g/mol. The number of carbonyl (C=O) groups is 1. The van der Waals surface area contributed by atoms with Crippen LogP contribution in [0.5, 0.6) is 0 Å². The molecular formula is C19H25NO6S. The van der Waals surface area contributed by atoms with Crippen molar-refractivity contribution in [2.75, 3.05) is 11.6 Å². The van der Waals surface area contributed by atoms with Crippen molar-refractivity contribution in [1.82, 2.24) is 0 Å². The summed E-state index contributed by atoms with van der Waals surface area (Å²) in [6.07, 6.45) is -1.08. The molecule has 3 aliphatic heterocycles. The van der Waals surface area contributed by atoms with Gasteiger partial charge in [0.25, 0.3) is 5.91 Å². The predicted molar refractivity (Wildman–Crippen MR) is 99.4 cm³/mol. The Bertz CT molecular complexity index is 739. The van der Waals surface area contributed by atoms with E-state index < -0.39 is 42.3 Å². The Morgan fingerprint density at radius 2 is 1.59 bits per heavy atom. The number of nitrogens with one attached hydrogen (secondary N) is 1. The van der Waals surface area contributed by atoms with E-state index in [0.717, 1.165) is 10.6 Å². The first-order chi connectivity index (χ1) is 12.7. The number of anilines is 1. The summed E-state index contributed by atoms with van der Waals surface area (Å²) in [6, 6.07) is 7.63. The van der Waals surface area contributed by atoms with Crippen LogP contribution in [-0.4, -0.2) is 54.4 Å². The lowest BCUT2D eigenvalue weighted by molar-refractivity contribution is -0.229. The minimum absolute atomic E-state index is 0.292. The van der Waals surface area contributed by atoms with Gasteiger partial charge in [-0.15, -0.1) is 11.8 Å². The number of ether oxygens (including phenoxy) is 5. The Morgan fingerprint density at radius 1 is 0.963 bits per heavy atom. The Hall–Kier alpha value is -1.16. The molecule has 148 valence electrons. The lowest BCUT2D eigenvalue weighted by atomic mass is 9.98. The third-order valence-corrected chi connectivity index (χ3v) is 5.57. The van der Waals surface area contributed by atoms with Crippen LogP contribution >= 0.6 is 11.8 Å². The Labute approximate surface area is 163 Å². The van der Waals surface area contributed by atoms with Gasteiger partial charge in [0.2, 0.25) is 0 Å². The van der Waals surface area contributed by atoms with E-state index in [0.29, 0.717) is 0 Å². The highest BCUT2D eigenvalue weighted by Gasteiger charge is 2.62. The summed E-state index contributed by atoms with van der Waals surface area (Å²) >= 11 is 1.56. The van der Waals surface area contributed by atoms with E-state index in [-0.39, 0.29) is 5.91 Å². The van der Waals surface area contributed by atoms with Gasteiger partial charge in [-0.25, -0.2) is 0 Å². The molecule has 1 amide bonds. The second-order valence-electron chi connectivity index (χ2n) is 7.78. The normalized spacial score (nSPS) is 36.1. The molecule has 3 saturated heterocycles. The zero-order valence-electron chi connectivity index (χ0n) is 16.1. The molecule has 0 aromatic heterocycles. The highest BCUT2D eigenvalue weighted by atomic mass is 32.2. The van der Waals surface area contributed by atoms with E-state index >= 15 is 0 Å². The molecule has 1 aromatic carbocycles. The van der Waals surface area contributed by atoms with Crippen molar-refractivity contribution < 1.29 is 28.5 Å². The molecule has 0 aliphatic carbocycles. The van der Waals surface area contributed by atoms with Crippen molar-refractivity contribution in [3.63, 3.8) is 0 Å².